The summed E-state index contributed by atoms with van der Waals surface area (Å²) < 4.78 is 31.8. The van der Waals surface area contributed by atoms with Crippen molar-refractivity contribution in [1.82, 2.24) is 14.1 Å². The Bertz CT molecular complexity index is 1140. The summed E-state index contributed by atoms with van der Waals surface area (Å²) in [4.78, 5) is 0.353. The third-order valence-corrected chi connectivity index (χ3v) is 8.27. The molecule has 1 aromatic heterocycles. The molecule has 0 atom stereocenters. The highest BCUT2D eigenvalue weighted by atomic mass is 32.2. The van der Waals surface area contributed by atoms with Crippen LogP contribution < -0.4 is 0 Å². The maximum Gasteiger partial charge on any atom is 0.246 e. The molecule has 0 radical (unpaired) electrons. The van der Waals surface area contributed by atoms with Crippen molar-refractivity contribution in [3.05, 3.63) is 83.7 Å². The van der Waals surface area contributed by atoms with Crippen molar-refractivity contribution in [2.24, 2.45) is 0 Å². The lowest BCUT2D eigenvalue weighted by Gasteiger charge is -2.24. The van der Waals surface area contributed by atoms with Gasteiger partial charge in [0, 0.05) is 24.7 Å². The van der Waals surface area contributed by atoms with Crippen molar-refractivity contribution in [3.63, 3.8) is 0 Å². The molecule has 1 aliphatic rings. The minimum absolute atomic E-state index is 0.293. The Morgan fingerprint density at radius 1 is 0.939 bits per heavy atom. The molecule has 4 rings (SSSR count). The molecular weight excluding hydrogens is 430 g/mol. The zero-order valence-electron chi connectivity index (χ0n) is 19.9. The summed E-state index contributed by atoms with van der Waals surface area (Å²) in [5, 5.41) is 4.85. The molecule has 33 heavy (non-hydrogen) atoms. The second-order valence-corrected chi connectivity index (χ2v) is 12.0. The highest BCUT2D eigenvalue weighted by Crippen LogP contribution is 2.35. The molecule has 3 aromatic rings. The van der Waals surface area contributed by atoms with E-state index in [9.17, 15) is 8.42 Å². The average Bonchev–Trinajstić information content (AvgIpc) is 3.48. The van der Waals surface area contributed by atoms with Gasteiger partial charge in [0.25, 0.3) is 0 Å². The highest BCUT2D eigenvalue weighted by molar-refractivity contribution is 7.89. The molecule has 1 saturated carbocycles. The minimum atomic E-state index is -3.74. The van der Waals surface area contributed by atoms with Crippen LogP contribution in [0.1, 0.15) is 69.3 Å². The van der Waals surface area contributed by atoms with Crippen LogP contribution in [0.4, 0.5) is 0 Å². The third kappa shape index (κ3) is 5.56. The monoisotopic (exact) mass is 465 g/mol. The van der Waals surface area contributed by atoms with Crippen molar-refractivity contribution < 1.29 is 8.42 Å². The lowest BCUT2D eigenvalue weighted by atomic mass is 9.92. The number of sulfonamides is 1. The molecule has 176 valence electrons. The molecule has 0 bridgehead atoms. The number of hydrogen-bond acceptors (Lipinski definition) is 3. The SMILES string of the molecule is CC(C)(C)c1nn(C2CCCC2)cc1S(=O)(=O)N(CCc1ccccc1)Cc1ccccc1. The van der Waals surface area contributed by atoms with Gasteiger partial charge in [-0.2, -0.15) is 9.40 Å². The quantitative estimate of drug-likeness (QED) is 0.427. The first-order valence-electron chi connectivity index (χ1n) is 11.9. The standard InChI is InChI=1S/C27H35N3O2S/c1-27(2,3)26-25(21-30(28-26)24-16-10-11-17-24)33(31,32)29(20-23-14-8-5-9-15-23)19-18-22-12-6-4-7-13-22/h4-9,12-15,21,24H,10-11,16-20H2,1-3H3. The van der Waals surface area contributed by atoms with Gasteiger partial charge in [-0.1, -0.05) is 94.3 Å². The van der Waals surface area contributed by atoms with Crippen molar-refractivity contribution in [2.45, 2.75) is 75.8 Å². The fraction of sp³-hybridized carbons (Fsp3) is 0.444. The largest absolute Gasteiger partial charge is 0.268 e. The summed E-state index contributed by atoms with van der Waals surface area (Å²) in [6.45, 7) is 6.88. The number of rotatable bonds is 8. The molecule has 1 aliphatic carbocycles. The molecule has 0 unspecified atom stereocenters. The summed E-state index contributed by atoms with van der Waals surface area (Å²) >= 11 is 0. The Kier molecular flexibility index (Phi) is 7.05. The number of benzene rings is 2. The van der Waals surface area contributed by atoms with E-state index in [-0.39, 0.29) is 5.41 Å². The maximum atomic E-state index is 14.1. The smallest absolute Gasteiger partial charge is 0.246 e. The van der Waals surface area contributed by atoms with Crippen LogP contribution in [-0.2, 0) is 28.4 Å². The predicted octanol–water partition coefficient (Wildman–Crippen LogP) is 5.73. The molecule has 0 saturated heterocycles. The highest BCUT2D eigenvalue weighted by Gasteiger charge is 2.35. The van der Waals surface area contributed by atoms with E-state index in [2.05, 4.69) is 0 Å². The first kappa shape index (κ1) is 23.7. The summed E-state index contributed by atoms with van der Waals surface area (Å²) in [6.07, 6.45) is 6.93. The van der Waals surface area contributed by atoms with Gasteiger partial charge in [-0.05, 0) is 30.4 Å². The molecule has 0 aliphatic heterocycles. The van der Waals surface area contributed by atoms with Gasteiger partial charge in [-0.15, -0.1) is 0 Å². The van der Waals surface area contributed by atoms with Crippen LogP contribution in [0, 0.1) is 0 Å². The molecule has 2 aromatic carbocycles. The molecule has 6 heteroatoms. The van der Waals surface area contributed by atoms with E-state index < -0.39 is 10.0 Å². The topological polar surface area (TPSA) is 55.2 Å². The summed E-state index contributed by atoms with van der Waals surface area (Å²) in [6, 6.07) is 20.2. The second kappa shape index (κ2) is 9.82. The summed E-state index contributed by atoms with van der Waals surface area (Å²) in [5.41, 5.74) is 2.40. The number of hydrogen-bond donors (Lipinski definition) is 0. The van der Waals surface area contributed by atoms with Crippen molar-refractivity contribution >= 4 is 10.0 Å². The van der Waals surface area contributed by atoms with Crippen LogP contribution in [0.2, 0.25) is 0 Å². The zero-order chi connectivity index (χ0) is 23.5. The Balaban J connectivity index is 1.71. The van der Waals surface area contributed by atoms with Gasteiger partial charge >= 0.3 is 0 Å². The zero-order valence-corrected chi connectivity index (χ0v) is 20.8. The Hall–Kier alpha value is -2.44. The van der Waals surface area contributed by atoms with Gasteiger partial charge in [-0.3, -0.25) is 4.68 Å². The summed E-state index contributed by atoms with van der Waals surface area (Å²) in [7, 11) is -3.74. The van der Waals surface area contributed by atoms with E-state index in [0.29, 0.717) is 36.1 Å². The molecule has 0 N–H and O–H groups in total. The maximum absolute atomic E-state index is 14.1. The van der Waals surface area contributed by atoms with Crippen LogP contribution >= 0.6 is 0 Å². The molecule has 1 fully saturated rings. The van der Waals surface area contributed by atoms with Crippen molar-refractivity contribution in [1.29, 1.82) is 0 Å². The fourth-order valence-electron chi connectivity index (χ4n) is 4.55. The second-order valence-electron chi connectivity index (χ2n) is 10.1. The van der Waals surface area contributed by atoms with Crippen LogP contribution in [0.25, 0.3) is 0 Å². The Morgan fingerprint density at radius 3 is 2.09 bits per heavy atom. The van der Waals surface area contributed by atoms with E-state index in [4.69, 9.17) is 5.10 Å². The molecule has 1 heterocycles. The number of nitrogens with zero attached hydrogens (tertiary/aromatic N) is 3. The van der Waals surface area contributed by atoms with Gasteiger partial charge in [0.2, 0.25) is 10.0 Å². The first-order valence-corrected chi connectivity index (χ1v) is 13.4. The first-order chi connectivity index (χ1) is 15.7. The Labute approximate surface area is 198 Å². The minimum Gasteiger partial charge on any atom is -0.268 e. The van der Waals surface area contributed by atoms with Gasteiger partial charge in [0.1, 0.15) is 4.90 Å². The number of aromatic nitrogens is 2. The van der Waals surface area contributed by atoms with Gasteiger partial charge < -0.3 is 0 Å². The van der Waals surface area contributed by atoms with E-state index in [1.165, 1.54) is 12.8 Å². The molecule has 0 amide bonds. The van der Waals surface area contributed by atoms with Crippen LogP contribution in [0.3, 0.4) is 0 Å². The van der Waals surface area contributed by atoms with E-state index in [1.807, 2.05) is 86.1 Å². The normalized spacial score (nSPS) is 15.4. The van der Waals surface area contributed by atoms with Crippen molar-refractivity contribution in [3.8, 4) is 0 Å². The third-order valence-electron chi connectivity index (χ3n) is 6.42. The van der Waals surface area contributed by atoms with Crippen molar-refractivity contribution in [2.75, 3.05) is 6.54 Å². The van der Waals surface area contributed by atoms with Gasteiger partial charge in [0.05, 0.1) is 11.7 Å². The average molecular weight is 466 g/mol. The Morgan fingerprint density at radius 2 is 1.52 bits per heavy atom. The molecular formula is C27H35N3O2S. The fourth-order valence-corrected chi connectivity index (χ4v) is 6.31. The lowest BCUT2D eigenvalue weighted by Crippen LogP contribution is -2.34. The molecule has 5 nitrogen and oxygen atoms in total. The van der Waals surface area contributed by atoms with Crippen LogP contribution in [0.15, 0.2) is 71.8 Å². The van der Waals surface area contributed by atoms with E-state index in [0.717, 1.165) is 24.0 Å². The van der Waals surface area contributed by atoms with E-state index in [1.54, 1.807) is 10.5 Å². The van der Waals surface area contributed by atoms with Crippen LogP contribution in [0.5, 0.6) is 0 Å². The predicted molar refractivity (Wildman–Crippen MR) is 133 cm³/mol. The van der Waals surface area contributed by atoms with E-state index >= 15 is 0 Å². The summed E-state index contributed by atoms with van der Waals surface area (Å²) in [5.74, 6) is 0. The van der Waals surface area contributed by atoms with Crippen LogP contribution in [-0.4, -0.2) is 29.0 Å². The van der Waals surface area contributed by atoms with Gasteiger partial charge in [0.15, 0.2) is 0 Å². The molecule has 0 spiro atoms. The van der Waals surface area contributed by atoms with Gasteiger partial charge in [-0.25, -0.2) is 8.42 Å². The lowest BCUT2D eigenvalue weighted by molar-refractivity contribution is 0.407.